The molecule has 0 amide bonds. The second-order valence-corrected chi connectivity index (χ2v) is 4.95. The lowest BCUT2D eigenvalue weighted by atomic mass is 10.2. The molecule has 0 saturated heterocycles. The van der Waals surface area contributed by atoms with E-state index in [1.165, 1.54) is 11.8 Å². The molecule has 0 aromatic carbocycles. The van der Waals surface area contributed by atoms with Gasteiger partial charge in [0.05, 0.1) is 11.6 Å². The summed E-state index contributed by atoms with van der Waals surface area (Å²) in [5.41, 5.74) is 0. The van der Waals surface area contributed by atoms with Crippen molar-refractivity contribution in [1.29, 1.82) is 0 Å². The highest BCUT2D eigenvalue weighted by Gasteiger charge is 2.07. The molecule has 0 radical (unpaired) electrons. The van der Waals surface area contributed by atoms with E-state index in [4.69, 9.17) is 9.84 Å². The van der Waals surface area contributed by atoms with Crippen LogP contribution < -0.4 is 4.74 Å². The van der Waals surface area contributed by atoms with E-state index in [9.17, 15) is 0 Å². The van der Waals surface area contributed by atoms with Gasteiger partial charge >= 0.3 is 0 Å². The van der Waals surface area contributed by atoms with E-state index in [2.05, 4.69) is 25.9 Å². The molecular weight excluding hydrogens is 280 g/mol. The molecule has 1 aromatic rings. The summed E-state index contributed by atoms with van der Waals surface area (Å²) in [6, 6.07) is 0. The topological polar surface area (TPSA) is 55.2 Å². The van der Waals surface area contributed by atoms with Gasteiger partial charge in [-0.25, -0.2) is 4.98 Å². The average molecular weight is 293 g/mol. The van der Waals surface area contributed by atoms with E-state index >= 15 is 0 Å². The summed E-state index contributed by atoms with van der Waals surface area (Å²) in [7, 11) is 1.57. The lowest BCUT2D eigenvalue weighted by Gasteiger charge is -2.07. The third-order valence-electron chi connectivity index (χ3n) is 1.69. The van der Waals surface area contributed by atoms with Gasteiger partial charge in [-0.2, -0.15) is 4.98 Å². The fraction of sp³-hybridized carbons (Fsp3) is 0.556. The number of rotatable bonds is 5. The zero-order valence-corrected chi connectivity index (χ0v) is 11.0. The molecule has 1 N–H and O–H groups in total. The van der Waals surface area contributed by atoms with Crippen molar-refractivity contribution in [3.05, 3.63) is 10.7 Å². The molecule has 15 heavy (non-hydrogen) atoms. The van der Waals surface area contributed by atoms with Crippen molar-refractivity contribution in [1.82, 2.24) is 9.97 Å². The molecule has 6 heteroatoms. The van der Waals surface area contributed by atoms with Gasteiger partial charge in [0, 0.05) is 18.6 Å². The molecule has 0 aliphatic rings. The fourth-order valence-corrected chi connectivity index (χ4v) is 1.99. The van der Waals surface area contributed by atoms with Gasteiger partial charge in [0.15, 0.2) is 5.16 Å². The van der Waals surface area contributed by atoms with Crippen molar-refractivity contribution in [2.24, 2.45) is 5.92 Å². The van der Waals surface area contributed by atoms with Gasteiger partial charge in [-0.15, -0.1) is 0 Å². The summed E-state index contributed by atoms with van der Waals surface area (Å²) in [4.78, 5) is 8.33. The van der Waals surface area contributed by atoms with E-state index in [0.29, 0.717) is 11.0 Å². The van der Waals surface area contributed by atoms with Crippen molar-refractivity contribution in [2.75, 3.05) is 19.5 Å². The van der Waals surface area contributed by atoms with Crippen molar-refractivity contribution >= 4 is 27.7 Å². The molecule has 0 aliphatic carbocycles. The molecule has 1 heterocycles. The Morgan fingerprint density at radius 1 is 1.67 bits per heavy atom. The molecule has 1 unspecified atom stereocenters. The van der Waals surface area contributed by atoms with E-state index in [1.54, 1.807) is 13.3 Å². The lowest BCUT2D eigenvalue weighted by molar-refractivity contribution is 0.250. The third kappa shape index (κ3) is 3.96. The number of aliphatic hydroxyl groups excluding tert-OH is 1. The van der Waals surface area contributed by atoms with Crippen molar-refractivity contribution in [3.63, 3.8) is 0 Å². The quantitative estimate of drug-likeness (QED) is 0.664. The first-order valence-corrected chi connectivity index (χ1v) is 6.25. The van der Waals surface area contributed by atoms with Crippen LogP contribution in [0.15, 0.2) is 15.8 Å². The highest BCUT2D eigenvalue weighted by molar-refractivity contribution is 9.10. The van der Waals surface area contributed by atoms with E-state index < -0.39 is 0 Å². The van der Waals surface area contributed by atoms with Gasteiger partial charge in [-0.3, -0.25) is 0 Å². The molecule has 0 saturated carbocycles. The van der Waals surface area contributed by atoms with Gasteiger partial charge in [-0.05, 0) is 21.8 Å². The number of thioether (sulfide) groups is 1. The Morgan fingerprint density at radius 3 is 3.00 bits per heavy atom. The Labute approximate surface area is 102 Å². The van der Waals surface area contributed by atoms with Crippen LogP contribution in [0.2, 0.25) is 0 Å². The van der Waals surface area contributed by atoms with Crippen LogP contribution in [0.1, 0.15) is 6.92 Å². The second-order valence-electron chi connectivity index (χ2n) is 3.11. The number of nitrogens with zero attached hydrogens (tertiary/aromatic N) is 2. The number of hydrogen-bond acceptors (Lipinski definition) is 5. The predicted octanol–water partition coefficient (Wildman–Crippen LogP) is 1.97. The maximum absolute atomic E-state index is 8.87. The minimum atomic E-state index is 0.181. The Hall–Kier alpha value is -0.330. The van der Waals surface area contributed by atoms with Gasteiger partial charge in [0.1, 0.15) is 0 Å². The summed E-state index contributed by atoms with van der Waals surface area (Å²) >= 11 is 4.79. The smallest absolute Gasteiger partial charge is 0.231 e. The monoisotopic (exact) mass is 292 g/mol. The van der Waals surface area contributed by atoms with Crippen LogP contribution >= 0.6 is 27.7 Å². The Balaban J connectivity index is 2.62. The first-order valence-electron chi connectivity index (χ1n) is 4.47. The average Bonchev–Trinajstić information content (AvgIpc) is 2.27. The molecule has 0 bridgehead atoms. The zero-order valence-electron chi connectivity index (χ0n) is 8.61. The molecule has 0 fully saturated rings. The van der Waals surface area contributed by atoms with Crippen LogP contribution in [-0.4, -0.2) is 34.5 Å². The summed E-state index contributed by atoms with van der Waals surface area (Å²) < 4.78 is 5.80. The van der Waals surface area contributed by atoms with Crippen LogP contribution in [0.3, 0.4) is 0 Å². The molecule has 0 spiro atoms. The maximum Gasteiger partial charge on any atom is 0.231 e. The second kappa shape index (κ2) is 6.30. The highest BCUT2D eigenvalue weighted by atomic mass is 79.9. The summed E-state index contributed by atoms with van der Waals surface area (Å²) in [5, 5.41) is 9.53. The molecule has 1 rings (SSSR count). The predicted molar refractivity (Wildman–Crippen MR) is 63.3 cm³/mol. The standard InChI is InChI=1S/C9H13BrN2O2S/c1-6(4-13)5-15-9-11-3-7(10)8(12-9)14-2/h3,6,13H,4-5H2,1-2H3. The molecule has 4 nitrogen and oxygen atoms in total. The minimum Gasteiger partial charge on any atom is -0.480 e. The number of ether oxygens (including phenoxy) is 1. The fourth-order valence-electron chi connectivity index (χ4n) is 0.818. The van der Waals surface area contributed by atoms with Gasteiger partial charge < -0.3 is 9.84 Å². The first kappa shape index (κ1) is 12.7. The number of methoxy groups -OCH3 is 1. The van der Waals surface area contributed by atoms with Crippen molar-refractivity contribution in [2.45, 2.75) is 12.1 Å². The number of aromatic nitrogens is 2. The van der Waals surface area contributed by atoms with E-state index in [-0.39, 0.29) is 12.5 Å². The van der Waals surface area contributed by atoms with Gasteiger partial charge in [0.25, 0.3) is 0 Å². The summed E-state index contributed by atoms with van der Waals surface area (Å²) in [5.74, 6) is 1.57. The number of hydrogen-bond donors (Lipinski definition) is 1. The van der Waals surface area contributed by atoms with E-state index in [1.807, 2.05) is 6.92 Å². The molecule has 0 aliphatic heterocycles. The summed E-state index contributed by atoms with van der Waals surface area (Å²) in [6.45, 7) is 2.16. The van der Waals surface area contributed by atoms with Crippen LogP contribution in [0.4, 0.5) is 0 Å². The van der Waals surface area contributed by atoms with Crippen LogP contribution in [0, 0.1) is 5.92 Å². The summed E-state index contributed by atoms with van der Waals surface area (Å²) in [6.07, 6.45) is 1.66. The van der Waals surface area contributed by atoms with Crippen molar-refractivity contribution < 1.29 is 9.84 Å². The Bertz CT molecular complexity index is 325. The maximum atomic E-state index is 8.87. The molecular formula is C9H13BrN2O2S. The van der Waals surface area contributed by atoms with Gasteiger partial charge in [0.2, 0.25) is 5.88 Å². The first-order chi connectivity index (χ1) is 7.17. The van der Waals surface area contributed by atoms with Crippen LogP contribution in [-0.2, 0) is 0 Å². The van der Waals surface area contributed by atoms with Gasteiger partial charge in [-0.1, -0.05) is 18.7 Å². The normalized spacial score (nSPS) is 12.5. The minimum absolute atomic E-state index is 0.181. The SMILES string of the molecule is COc1nc(SCC(C)CO)ncc1Br. The van der Waals surface area contributed by atoms with Crippen LogP contribution in [0.5, 0.6) is 5.88 Å². The molecule has 1 aromatic heterocycles. The number of aliphatic hydroxyl groups is 1. The molecule has 1 atom stereocenters. The molecule has 84 valence electrons. The largest absolute Gasteiger partial charge is 0.480 e. The van der Waals surface area contributed by atoms with E-state index in [0.717, 1.165) is 10.2 Å². The highest BCUT2D eigenvalue weighted by Crippen LogP contribution is 2.24. The zero-order chi connectivity index (χ0) is 11.3. The van der Waals surface area contributed by atoms with Crippen molar-refractivity contribution in [3.8, 4) is 5.88 Å². The lowest BCUT2D eigenvalue weighted by Crippen LogP contribution is -2.04. The number of halogens is 1. The Morgan fingerprint density at radius 2 is 2.40 bits per heavy atom. The third-order valence-corrected chi connectivity index (χ3v) is 3.43. The Kier molecular flexibility index (Phi) is 5.35. The van der Waals surface area contributed by atoms with Crippen LogP contribution in [0.25, 0.3) is 0 Å².